The van der Waals surface area contributed by atoms with Gasteiger partial charge in [0, 0.05) is 48.3 Å². The molecule has 0 unspecified atom stereocenters. The summed E-state index contributed by atoms with van der Waals surface area (Å²) in [6.07, 6.45) is 4.34. The summed E-state index contributed by atoms with van der Waals surface area (Å²) in [5.74, 6) is 0.759. The summed E-state index contributed by atoms with van der Waals surface area (Å²) in [5.41, 5.74) is 2.83. The van der Waals surface area contributed by atoms with Crippen LogP contribution < -0.4 is 15.5 Å². The van der Waals surface area contributed by atoms with E-state index in [1.165, 1.54) is 0 Å². The number of carbonyl (C=O) groups excluding carboxylic acids is 2. The SMILES string of the molecule is CC1CCN(c2ccc(NC(=O)Nc3cccc(Cl)c3)cc2C(=O)N2CCCC2)CC1. The van der Waals surface area contributed by atoms with E-state index in [9.17, 15) is 9.59 Å². The minimum absolute atomic E-state index is 0.0463. The fourth-order valence-corrected chi connectivity index (χ4v) is 4.45. The molecule has 3 amide bonds. The van der Waals surface area contributed by atoms with Gasteiger partial charge in [-0.25, -0.2) is 4.79 Å². The first-order valence-corrected chi connectivity index (χ1v) is 11.4. The number of hydrogen-bond acceptors (Lipinski definition) is 3. The first-order chi connectivity index (χ1) is 15.0. The lowest BCUT2D eigenvalue weighted by molar-refractivity contribution is 0.0793. The maximum absolute atomic E-state index is 13.3. The van der Waals surface area contributed by atoms with Crippen LogP contribution in [0.2, 0.25) is 5.02 Å². The van der Waals surface area contributed by atoms with Gasteiger partial charge in [-0.05, 0) is 68.0 Å². The van der Waals surface area contributed by atoms with Crippen LogP contribution in [0, 0.1) is 5.92 Å². The second-order valence-electron chi connectivity index (χ2n) is 8.49. The summed E-state index contributed by atoms with van der Waals surface area (Å²) in [6.45, 7) is 5.76. The van der Waals surface area contributed by atoms with Crippen molar-refractivity contribution in [1.82, 2.24) is 4.90 Å². The quantitative estimate of drug-likeness (QED) is 0.663. The van der Waals surface area contributed by atoms with Gasteiger partial charge in [-0.3, -0.25) is 4.79 Å². The van der Waals surface area contributed by atoms with Gasteiger partial charge < -0.3 is 20.4 Å². The fraction of sp³-hybridized carbons (Fsp3) is 0.417. The van der Waals surface area contributed by atoms with E-state index in [1.54, 1.807) is 24.3 Å². The number of nitrogens with one attached hydrogen (secondary N) is 2. The third-order valence-electron chi connectivity index (χ3n) is 6.08. The molecule has 2 heterocycles. The van der Waals surface area contributed by atoms with E-state index in [-0.39, 0.29) is 11.9 Å². The zero-order valence-corrected chi connectivity index (χ0v) is 18.6. The molecule has 4 rings (SSSR count). The minimum Gasteiger partial charge on any atom is -0.371 e. The van der Waals surface area contributed by atoms with Crippen LogP contribution in [0.15, 0.2) is 42.5 Å². The molecule has 2 aromatic rings. The van der Waals surface area contributed by atoms with Crippen LogP contribution in [0.1, 0.15) is 43.0 Å². The van der Waals surface area contributed by atoms with E-state index in [1.807, 2.05) is 23.1 Å². The zero-order chi connectivity index (χ0) is 21.8. The molecule has 2 N–H and O–H groups in total. The average molecular weight is 441 g/mol. The average Bonchev–Trinajstić information content (AvgIpc) is 3.29. The van der Waals surface area contributed by atoms with E-state index < -0.39 is 0 Å². The highest BCUT2D eigenvalue weighted by molar-refractivity contribution is 6.30. The molecule has 2 aliphatic rings. The van der Waals surface area contributed by atoms with Gasteiger partial charge >= 0.3 is 6.03 Å². The largest absolute Gasteiger partial charge is 0.371 e. The van der Waals surface area contributed by atoms with Crippen molar-refractivity contribution in [3.05, 3.63) is 53.1 Å². The van der Waals surface area contributed by atoms with Crippen molar-refractivity contribution in [2.24, 2.45) is 5.92 Å². The van der Waals surface area contributed by atoms with Gasteiger partial charge in [-0.15, -0.1) is 0 Å². The van der Waals surface area contributed by atoms with Crippen molar-refractivity contribution < 1.29 is 9.59 Å². The summed E-state index contributed by atoms with van der Waals surface area (Å²) in [4.78, 5) is 30.0. The molecule has 0 bridgehead atoms. The number of anilines is 3. The standard InChI is InChI=1S/C24H29ClN4O2/c1-17-9-13-28(14-10-17)22-8-7-20(16-21(22)23(30)29-11-2-3-12-29)27-24(31)26-19-6-4-5-18(25)15-19/h4-8,15-17H,2-3,9-14H2,1H3,(H2,26,27,31). The van der Waals surface area contributed by atoms with Crippen LogP contribution in [-0.4, -0.2) is 43.0 Å². The second kappa shape index (κ2) is 9.60. The lowest BCUT2D eigenvalue weighted by Crippen LogP contribution is -2.35. The number of hydrogen-bond donors (Lipinski definition) is 2. The smallest absolute Gasteiger partial charge is 0.323 e. The van der Waals surface area contributed by atoms with Crippen molar-refractivity contribution in [3.8, 4) is 0 Å². The number of urea groups is 1. The van der Waals surface area contributed by atoms with Crippen molar-refractivity contribution in [2.45, 2.75) is 32.6 Å². The number of amides is 3. The van der Waals surface area contributed by atoms with Crippen LogP contribution in [0.25, 0.3) is 0 Å². The van der Waals surface area contributed by atoms with Gasteiger partial charge in [0.05, 0.1) is 5.56 Å². The van der Waals surface area contributed by atoms with Gasteiger partial charge in [0.2, 0.25) is 0 Å². The molecule has 6 nitrogen and oxygen atoms in total. The molecule has 0 atom stereocenters. The van der Waals surface area contributed by atoms with E-state index in [0.717, 1.165) is 57.5 Å². The van der Waals surface area contributed by atoms with Crippen LogP contribution in [0.4, 0.5) is 21.9 Å². The molecule has 0 saturated carbocycles. The normalized spacial score (nSPS) is 17.0. The Morgan fingerprint density at radius 3 is 2.29 bits per heavy atom. The van der Waals surface area contributed by atoms with Crippen LogP contribution >= 0.6 is 11.6 Å². The lowest BCUT2D eigenvalue weighted by atomic mass is 9.97. The highest BCUT2D eigenvalue weighted by Crippen LogP contribution is 2.30. The molecular formula is C24H29ClN4O2. The third kappa shape index (κ3) is 5.31. The van der Waals surface area contributed by atoms with E-state index in [0.29, 0.717) is 27.9 Å². The second-order valence-corrected chi connectivity index (χ2v) is 8.93. The van der Waals surface area contributed by atoms with Gasteiger partial charge in [0.1, 0.15) is 0 Å². The predicted octanol–water partition coefficient (Wildman–Crippen LogP) is 5.46. The fourth-order valence-electron chi connectivity index (χ4n) is 4.26. The molecule has 2 saturated heterocycles. The number of halogens is 1. The number of rotatable bonds is 4. The minimum atomic E-state index is -0.374. The monoisotopic (exact) mass is 440 g/mol. The maximum atomic E-state index is 13.3. The van der Waals surface area contributed by atoms with Gasteiger partial charge in [-0.1, -0.05) is 24.6 Å². The molecule has 0 radical (unpaired) electrons. The highest BCUT2D eigenvalue weighted by Gasteiger charge is 2.26. The number of piperidine rings is 1. The van der Waals surface area contributed by atoms with E-state index in [4.69, 9.17) is 11.6 Å². The molecule has 0 aromatic heterocycles. The number of benzene rings is 2. The predicted molar refractivity (Wildman–Crippen MR) is 126 cm³/mol. The topological polar surface area (TPSA) is 64.7 Å². The summed E-state index contributed by atoms with van der Waals surface area (Å²) < 4.78 is 0. The molecule has 31 heavy (non-hydrogen) atoms. The molecular weight excluding hydrogens is 412 g/mol. The molecule has 0 aliphatic carbocycles. The summed E-state index contributed by atoms with van der Waals surface area (Å²) in [6, 6.07) is 12.3. The number of nitrogens with zero attached hydrogens (tertiary/aromatic N) is 2. The first kappa shape index (κ1) is 21.5. The Hall–Kier alpha value is -2.73. The van der Waals surface area contributed by atoms with Gasteiger partial charge in [0.25, 0.3) is 5.91 Å². The van der Waals surface area contributed by atoms with Crippen molar-refractivity contribution in [3.63, 3.8) is 0 Å². The Bertz CT molecular complexity index is 950. The van der Waals surface area contributed by atoms with Gasteiger partial charge in [-0.2, -0.15) is 0 Å². The Kier molecular flexibility index (Phi) is 6.66. The third-order valence-corrected chi connectivity index (χ3v) is 6.32. The molecule has 2 aliphatic heterocycles. The number of likely N-dealkylation sites (tertiary alicyclic amines) is 1. The van der Waals surface area contributed by atoms with Gasteiger partial charge in [0.15, 0.2) is 0 Å². The van der Waals surface area contributed by atoms with Crippen molar-refractivity contribution in [1.29, 1.82) is 0 Å². The molecule has 2 fully saturated rings. The Morgan fingerprint density at radius 1 is 0.935 bits per heavy atom. The van der Waals surface area contributed by atoms with Crippen LogP contribution in [0.5, 0.6) is 0 Å². The van der Waals surface area contributed by atoms with Crippen LogP contribution in [0.3, 0.4) is 0 Å². The molecule has 0 spiro atoms. The van der Waals surface area contributed by atoms with E-state index in [2.05, 4.69) is 22.5 Å². The summed E-state index contributed by atoms with van der Waals surface area (Å²) in [7, 11) is 0. The highest BCUT2D eigenvalue weighted by atomic mass is 35.5. The molecule has 2 aromatic carbocycles. The molecule has 164 valence electrons. The summed E-state index contributed by atoms with van der Waals surface area (Å²) in [5, 5.41) is 6.18. The van der Waals surface area contributed by atoms with E-state index >= 15 is 0 Å². The Balaban J connectivity index is 1.55. The number of carbonyl (C=O) groups is 2. The van der Waals surface area contributed by atoms with Crippen molar-refractivity contribution >= 4 is 40.6 Å². The molecule has 7 heteroatoms. The van der Waals surface area contributed by atoms with Crippen LogP contribution in [-0.2, 0) is 0 Å². The summed E-state index contributed by atoms with van der Waals surface area (Å²) >= 11 is 5.99. The van der Waals surface area contributed by atoms with Crippen molar-refractivity contribution in [2.75, 3.05) is 41.7 Å². The Labute approximate surface area is 188 Å². The first-order valence-electron chi connectivity index (χ1n) is 11.0. The zero-order valence-electron chi connectivity index (χ0n) is 17.9. The lowest BCUT2D eigenvalue weighted by Gasteiger charge is -2.34. The Morgan fingerprint density at radius 2 is 1.61 bits per heavy atom. The maximum Gasteiger partial charge on any atom is 0.323 e.